The summed E-state index contributed by atoms with van der Waals surface area (Å²) in [6.45, 7) is 0. The van der Waals surface area contributed by atoms with E-state index in [4.69, 9.17) is 0 Å². The molecule has 3 aromatic rings. The Morgan fingerprint density at radius 3 is 2.15 bits per heavy atom. The van der Waals surface area contributed by atoms with Gasteiger partial charge in [-0.1, -0.05) is 12.1 Å². The first kappa shape index (κ1) is 18.6. The van der Waals surface area contributed by atoms with E-state index in [-0.39, 0.29) is 15.5 Å². The highest BCUT2D eigenvalue weighted by Crippen LogP contribution is 2.36. The number of hydrogen-bond donors (Lipinski definition) is 0. The minimum absolute atomic E-state index is 0.0469. The fourth-order valence-electron chi connectivity index (χ4n) is 2.17. The number of benzene rings is 2. The second kappa shape index (κ2) is 6.53. The molecule has 5 nitrogen and oxygen atoms in total. The Morgan fingerprint density at radius 1 is 0.923 bits per heavy atom. The lowest BCUT2D eigenvalue weighted by molar-refractivity contribution is 0.583. The van der Waals surface area contributed by atoms with Crippen LogP contribution in [-0.2, 0) is 19.7 Å². The zero-order valence-electron chi connectivity index (χ0n) is 13.2. The Bertz CT molecular complexity index is 1180. The zero-order valence-corrected chi connectivity index (χ0v) is 15.6. The molecule has 0 aliphatic rings. The van der Waals surface area contributed by atoms with E-state index in [1.54, 1.807) is 0 Å². The first-order valence-corrected chi connectivity index (χ1v) is 11.3. The van der Waals surface area contributed by atoms with Gasteiger partial charge in [0.2, 0.25) is 9.84 Å². The van der Waals surface area contributed by atoms with Crippen LogP contribution in [0.3, 0.4) is 0 Å². The number of sulfone groups is 2. The lowest BCUT2D eigenvalue weighted by atomic mass is 10.2. The molecule has 3 rings (SSSR count). The fourth-order valence-corrected chi connectivity index (χ4v) is 6.51. The van der Waals surface area contributed by atoms with Crippen molar-refractivity contribution < 1.29 is 25.6 Å². The number of aromatic nitrogens is 1. The van der Waals surface area contributed by atoms with Gasteiger partial charge in [-0.15, -0.1) is 11.3 Å². The largest absolute Gasteiger partial charge is 0.226 e. The van der Waals surface area contributed by atoms with E-state index in [1.165, 1.54) is 18.2 Å². The third kappa shape index (κ3) is 3.53. The highest BCUT2D eigenvalue weighted by atomic mass is 32.2. The van der Waals surface area contributed by atoms with Crippen molar-refractivity contribution in [3.05, 3.63) is 60.2 Å². The van der Waals surface area contributed by atoms with Gasteiger partial charge in [-0.2, -0.15) is 0 Å². The SMILES string of the molecule is CS(=O)(=O)c1sc(-c2cccc(F)c2)nc1S(=O)(=O)c1ccc(F)cc1. The van der Waals surface area contributed by atoms with E-state index in [9.17, 15) is 25.6 Å². The van der Waals surface area contributed by atoms with Crippen molar-refractivity contribution in [2.24, 2.45) is 0 Å². The molecule has 136 valence electrons. The van der Waals surface area contributed by atoms with Crippen LogP contribution in [-0.4, -0.2) is 28.1 Å². The van der Waals surface area contributed by atoms with Gasteiger partial charge in [-0.25, -0.2) is 30.6 Å². The summed E-state index contributed by atoms with van der Waals surface area (Å²) in [6, 6.07) is 9.17. The van der Waals surface area contributed by atoms with Crippen molar-refractivity contribution in [3.8, 4) is 10.6 Å². The highest BCUT2D eigenvalue weighted by molar-refractivity contribution is 7.95. The van der Waals surface area contributed by atoms with E-state index in [0.29, 0.717) is 11.3 Å². The summed E-state index contributed by atoms with van der Waals surface area (Å²) < 4.78 is 75.8. The monoisotopic (exact) mass is 415 g/mol. The highest BCUT2D eigenvalue weighted by Gasteiger charge is 2.31. The van der Waals surface area contributed by atoms with Gasteiger partial charge in [-0.05, 0) is 36.4 Å². The molecule has 0 atom stereocenters. The first-order valence-electron chi connectivity index (χ1n) is 7.06. The fraction of sp³-hybridized carbons (Fsp3) is 0.0625. The maximum Gasteiger partial charge on any atom is 0.226 e. The van der Waals surface area contributed by atoms with Crippen LogP contribution in [0.2, 0.25) is 0 Å². The molecule has 26 heavy (non-hydrogen) atoms. The molecule has 2 aromatic carbocycles. The Balaban J connectivity index is 2.25. The minimum Gasteiger partial charge on any atom is -0.223 e. The van der Waals surface area contributed by atoms with E-state index in [2.05, 4.69) is 4.98 Å². The van der Waals surface area contributed by atoms with Crippen molar-refractivity contribution in [2.45, 2.75) is 14.1 Å². The maximum atomic E-state index is 13.4. The molecule has 0 saturated heterocycles. The molecule has 1 heterocycles. The van der Waals surface area contributed by atoms with E-state index in [0.717, 1.165) is 36.6 Å². The van der Waals surface area contributed by atoms with Crippen LogP contribution in [0, 0.1) is 11.6 Å². The van der Waals surface area contributed by atoms with Crippen LogP contribution < -0.4 is 0 Å². The van der Waals surface area contributed by atoms with E-state index < -0.39 is 40.5 Å². The molecule has 0 saturated carbocycles. The van der Waals surface area contributed by atoms with Crippen LogP contribution in [0.4, 0.5) is 8.78 Å². The van der Waals surface area contributed by atoms with Gasteiger partial charge in [-0.3, -0.25) is 0 Å². The molecule has 0 fully saturated rings. The average Bonchev–Trinajstić information content (AvgIpc) is 3.02. The predicted octanol–water partition coefficient (Wildman–Crippen LogP) is 3.32. The van der Waals surface area contributed by atoms with Gasteiger partial charge in [0, 0.05) is 11.8 Å². The summed E-state index contributed by atoms with van der Waals surface area (Å²) in [5, 5.41) is -0.610. The average molecular weight is 415 g/mol. The second-order valence-corrected chi connectivity index (χ2v) is 10.4. The molecule has 0 unspecified atom stereocenters. The normalized spacial score (nSPS) is 12.3. The molecule has 0 aliphatic carbocycles. The number of rotatable bonds is 4. The smallest absolute Gasteiger partial charge is 0.223 e. The van der Waals surface area contributed by atoms with Gasteiger partial charge in [0.1, 0.15) is 16.6 Å². The molecule has 0 N–H and O–H groups in total. The van der Waals surface area contributed by atoms with Crippen LogP contribution in [0.5, 0.6) is 0 Å². The van der Waals surface area contributed by atoms with Crippen molar-refractivity contribution in [1.82, 2.24) is 4.98 Å². The van der Waals surface area contributed by atoms with Gasteiger partial charge < -0.3 is 0 Å². The summed E-state index contributed by atoms with van der Waals surface area (Å²) in [5.41, 5.74) is 0.250. The molecule has 0 aliphatic heterocycles. The number of halogens is 2. The Labute approximate surface area is 152 Å². The van der Waals surface area contributed by atoms with Crippen LogP contribution in [0.1, 0.15) is 0 Å². The maximum absolute atomic E-state index is 13.4. The number of thiazole rings is 1. The zero-order chi connectivity index (χ0) is 19.1. The topological polar surface area (TPSA) is 81.2 Å². The second-order valence-electron chi connectivity index (χ2n) is 5.35. The van der Waals surface area contributed by atoms with Crippen molar-refractivity contribution in [2.75, 3.05) is 6.26 Å². The first-order chi connectivity index (χ1) is 12.1. The summed E-state index contributed by atoms with van der Waals surface area (Å²) in [4.78, 5) is 3.66. The summed E-state index contributed by atoms with van der Waals surface area (Å²) >= 11 is 0.634. The van der Waals surface area contributed by atoms with Gasteiger partial charge in [0.15, 0.2) is 19.1 Å². The van der Waals surface area contributed by atoms with Crippen molar-refractivity contribution >= 4 is 31.0 Å². The molecular weight excluding hydrogens is 404 g/mol. The van der Waals surface area contributed by atoms with Gasteiger partial charge in [0.05, 0.1) is 4.90 Å². The Kier molecular flexibility index (Phi) is 4.67. The minimum atomic E-state index is -4.31. The Hall–Kier alpha value is -2.17. The van der Waals surface area contributed by atoms with Gasteiger partial charge >= 0.3 is 0 Å². The molecule has 0 bridgehead atoms. The predicted molar refractivity (Wildman–Crippen MR) is 92.5 cm³/mol. The van der Waals surface area contributed by atoms with Crippen LogP contribution >= 0.6 is 11.3 Å². The standard InChI is InChI=1S/C16H11F2NO4S3/c1-25(20,21)16-15(26(22,23)13-7-5-11(17)6-8-13)19-14(24-16)10-3-2-4-12(18)9-10/h2-9H,1H3. The van der Waals surface area contributed by atoms with Crippen molar-refractivity contribution in [1.29, 1.82) is 0 Å². The molecule has 10 heteroatoms. The lowest BCUT2D eigenvalue weighted by Gasteiger charge is -2.03. The Morgan fingerprint density at radius 2 is 1.58 bits per heavy atom. The number of nitrogens with zero attached hydrogens (tertiary/aromatic N) is 1. The number of hydrogen-bond acceptors (Lipinski definition) is 6. The third-order valence-corrected chi connectivity index (χ3v) is 8.23. The molecule has 0 amide bonds. The third-order valence-electron chi connectivity index (χ3n) is 3.35. The molecule has 1 aromatic heterocycles. The molecule has 0 spiro atoms. The van der Waals surface area contributed by atoms with Gasteiger partial charge in [0.25, 0.3) is 0 Å². The quantitative estimate of drug-likeness (QED) is 0.611. The van der Waals surface area contributed by atoms with E-state index in [1.807, 2.05) is 0 Å². The van der Waals surface area contributed by atoms with E-state index >= 15 is 0 Å². The van der Waals surface area contributed by atoms with Crippen LogP contribution in [0.15, 0.2) is 62.7 Å². The summed E-state index contributed by atoms with van der Waals surface area (Å²) in [5.74, 6) is -1.20. The summed E-state index contributed by atoms with van der Waals surface area (Å²) in [6.07, 6.45) is 0.861. The van der Waals surface area contributed by atoms with Crippen molar-refractivity contribution in [3.63, 3.8) is 0 Å². The lowest BCUT2D eigenvalue weighted by Crippen LogP contribution is -2.08. The molecule has 0 radical (unpaired) electrons. The summed E-state index contributed by atoms with van der Waals surface area (Å²) in [7, 11) is -8.23. The molecular formula is C16H11F2NO4S3. The van der Waals surface area contributed by atoms with Crippen LogP contribution in [0.25, 0.3) is 10.6 Å².